The minimum atomic E-state index is -3.03. The average molecular weight is 1410 g/mol. The van der Waals surface area contributed by atoms with Crippen LogP contribution in [0.4, 0.5) is 0 Å². The lowest BCUT2D eigenvalue weighted by Crippen LogP contribution is -2.71. The van der Waals surface area contributed by atoms with Crippen molar-refractivity contribution in [3.8, 4) is 0 Å². The highest BCUT2D eigenvalue weighted by atomic mass is 16.8. The summed E-state index contributed by atoms with van der Waals surface area (Å²) in [4.78, 5) is 62.3. The smallest absolute Gasteiger partial charge is 0.364 e. The zero-order chi connectivity index (χ0) is 71.3. The lowest BCUT2D eigenvalue weighted by molar-refractivity contribution is -0.395. The third-order valence-electron chi connectivity index (χ3n) is 17.1. The molecule has 0 radical (unpaired) electrons. The van der Waals surface area contributed by atoms with Crippen molar-refractivity contribution in [2.75, 3.05) is 46.2 Å². The molecule has 96 heavy (non-hydrogen) atoms. The number of nitrogens with one attached hydrogen (secondary N) is 4. The zero-order valence-corrected chi connectivity index (χ0v) is 51.6. The fourth-order valence-electron chi connectivity index (χ4n) is 12.2. The Bertz CT molecular complexity index is 2540. The van der Waals surface area contributed by atoms with Gasteiger partial charge in [-0.3, -0.25) is 19.2 Å². The quantitative estimate of drug-likeness (QED) is 0.0382. The van der Waals surface area contributed by atoms with E-state index >= 15 is 0 Å². The Hall–Kier alpha value is -3.97. The number of carboxylic acids is 1. The van der Waals surface area contributed by atoms with Crippen LogP contribution < -0.4 is 21.3 Å². The lowest BCUT2D eigenvalue weighted by Gasteiger charge is -2.51. The molecule has 4 amide bonds. The van der Waals surface area contributed by atoms with Crippen LogP contribution in [-0.4, -0.2) is 403 Å². The van der Waals surface area contributed by atoms with E-state index in [4.69, 9.17) is 61.6 Å². The van der Waals surface area contributed by atoms with Crippen molar-refractivity contribution in [2.45, 2.75) is 254 Å². The molecule has 0 aromatic carbocycles. The number of carbonyl (C=O) groups is 5. The second-order valence-electron chi connectivity index (χ2n) is 24.0. The number of hydrogen-bond acceptors (Lipinski definition) is 38. The second kappa shape index (κ2) is 34.1. The summed E-state index contributed by atoms with van der Waals surface area (Å²) in [6, 6.07) is -6.93. The van der Waals surface area contributed by atoms with Crippen LogP contribution in [0.3, 0.4) is 0 Å². The van der Waals surface area contributed by atoms with Crippen LogP contribution in [0.1, 0.15) is 34.1 Å². The molecule has 0 aromatic rings. The molecule has 7 aliphatic heterocycles. The Morgan fingerprint density at radius 1 is 0.417 bits per heavy atom. The Balaban J connectivity index is 1.10. The van der Waals surface area contributed by atoms with Gasteiger partial charge >= 0.3 is 5.97 Å². The van der Waals surface area contributed by atoms with E-state index in [9.17, 15) is 131 Å². The number of carboxylic acid groups (broad SMARTS) is 1. The molecule has 36 atom stereocenters. The third kappa shape index (κ3) is 17.5. The maximum atomic E-state index is 12.9. The minimum absolute atomic E-state index is 0.736. The maximum Gasteiger partial charge on any atom is 0.364 e. The zero-order valence-electron chi connectivity index (χ0n) is 51.6. The van der Waals surface area contributed by atoms with Crippen molar-refractivity contribution in [3.63, 3.8) is 0 Å². The number of rotatable bonds is 26. The van der Waals surface area contributed by atoms with Gasteiger partial charge in [-0.1, -0.05) is 0 Å². The van der Waals surface area contributed by atoms with Gasteiger partial charge in [0.2, 0.25) is 23.6 Å². The molecular formula is C53H88N4O39. The standard InChI is InChI=1S/C53H88N4O39/c1-13(64)54-25-17(68)5-53(52(82)83,96-43(25)29(70)18(69)6-58)84-12-24-31(72)36(77)38(79)49(90-24)92-41-22(10-62)89-48(28(35(41)76)57-16(4)67)95-45-37(78)30(71)19(7-59)87-51(45)94-44-32(73)20(8-60)86-50(39(44)80)93-42-23(11-63)88-47(27(34(42)75)56-15(3)66)91-40-21(9-61)85-46(81)26(33(40)74)55-14(2)65/h17-51,58-63,68-81H,5-12H2,1-4H3,(H,54,64)(H,55,65)(H,56,66)(H,57,67)(H,82,83)/t17-,18+,19+,20+,21+,22+,23+,24+,25+,26+,27+,28+,29+,30+,31-,32+,33+,34+,35+,36-,37-,38+,39-,40+,41+,42+,43+,44-,45-,46?,47-,48?,49?,50?,51?,53+/m0/s1. The highest BCUT2D eigenvalue weighted by Crippen LogP contribution is 2.39. The van der Waals surface area contributed by atoms with Gasteiger partial charge in [0.25, 0.3) is 5.79 Å². The molecule has 7 saturated heterocycles. The van der Waals surface area contributed by atoms with Crippen LogP contribution in [0.25, 0.3) is 0 Å². The predicted molar refractivity (Wildman–Crippen MR) is 295 cm³/mol. The van der Waals surface area contributed by atoms with Gasteiger partial charge in [0.05, 0.1) is 58.4 Å². The summed E-state index contributed by atoms with van der Waals surface area (Å²) < 4.78 is 75.4. The van der Waals surface area contributed by atoms with Gasteiger partial charge in [-0.2, -0.15) is 0 Å². The van der Waals surface area contributed by atoms with Crippen molar-refractivity contribution in [1.29, 1.82) is 0 Å². The van der Waals surface area contributed by atoms with Crippen LogP contribution in [0.5, 0.6) is 0 Å². The van der Waals surface area contributed by atoms with E-state index in [1.807, 2.05) is 0 Å². The molecule has 43 heteroatoms. The van der Waals surface area contributed by atoms with Gasteiger partial charge in [-0.25, -0.2) is 4.79 Å². The highest BCUT2D eigenvalue weighted by Gasteiger charge is 2.61. The number of amides is 4. The fraction of sp³-hybridized carbons (Fsp3) is 0.906. The molecule has 7 rings (SSSR count). The summed E-state index contributed by atoms with van der Waals surface area (Å²) in [6.45, 7) is -3.72. The largest absolute Gasteiger partial charge is 0.477 e. The number of aliphatic hydroxyl groups excluding tert-OH is 20. The van der Waals surface area contributed by atoms with Crippen LogP contribution >= 0.6 is 0 Å². The van der Waals surface area contributed by atoms with E-state index in [0.717, 1.165) is 27.7 Å². The Morgan fingerprint density at radius 3 is 1.28 bits per heavy atom. The monoisotopic (exact) mass is 1400 g/mol. The fourth-order valence-corrected chi connectivity index (χ4v) is 12.2. The molecule has 0 bridgehead atoms. The average Bonchev–Trinajstić information content (AvgIpc) is 0.777. The third-order valence-corrected chi connectivity index (χ3v) is 17.1. The number of hydrogen-bond donors (Lipinski definition) is 25. The van der Waals surface area contributed by atoms with Crippen molar-refractivity contribution in [1.82, 2.24) is 21.3 Å². The number of aliphatic hydroxyl groups is 20. The number of ether oxygens (including phenoxy) is 13. The molecule has 0 saturated carbocycles. The summed E-state index contributed by atoms with van der Waals surface area (Å²) in [5.41, 5.74) is 0. The van der Waals surface area contributed by atoms with Gasteiger partial charge in [0.15, 0.2) is 37.7 Å². The van der Waals surface area contributed by atoms with Crippen molar-refractivity contribution >= 4 is 29.6 Å². The Labute approximate surface area is 543 Å². The van der Waals surface area contributed by atoms with E-state index in [1.165, 1.54) is 0 Å². The first-order chi connectivity index (χ1) is 45.2. The molecule has 0 aromatic heterocycles. The van der Waals surface area contributed by atoms with Gasteiger partial charge in [-0.15, -0.1) is 0 Å². The SMILES string of the molecule is CC(=O)N[C@H]1[C@H](O[C@H]2[C@H](O)[C@@H](NC(C)=O)C(O)O[C@@H]2CO)O[C@H](CO)[C@@H](OC2O[C@H](CO)[C@@H](O)[C@H](OC3O[C@H](CO)[C@@H](O)[C@H](O)[C@@H]3OC3O[C@H](CO)[C@@H](OC4O[C@H](CO[C@]5(C(=O)O)C[C@H](O)[C@@H](NC(C)=O)[C@H]([C@H](O)[C@H](O)CO)O5)[C@H](O)[C@H](O)[C@H]4O)[C@H](O)[C@H]3NC(C)=O)[C@@H]2O)[C@@H]1O. The van der Waals surface area contributed by atoms with Crippen molar-refractivity contribution < 1.29 is 193 Å². The first kappa shape index (κ1) is 79.4. The van der Waals surface area contributed by atoms with Gasteiger partial charge in [-0.05, 0) is 0 Å². The minimum Gasteiger partial charge on any atom is -0.477 e. The van der Waals surface area contributed by atoms with Crippen molar-refractivity contribution in [3.05, 3.63) is 0 Å². The molecule has 5 unspecified atom stereocenters. The first-order valence-electron chi connectivity index (χ1n) is 30.2. The predicted octanol–water partition coefficient (Wildman–Crippen LogP) is -16.5. The summed E-state index contributed by atoms with van der Waals surface area (Å²) in [7, 11) is 0. The van der Waals surface area contributed by atoms with E-state index in [1.54, 1.807) is 0 Å². The Kier molecular flexibility index (Phi) is 28.2. The van der Waals surface area contributed by atoms with Crippen LogP contribution in [0.2, 0.25) is 0 Å². The number of aliphatic carboxylic acids is 1. The van der Waals surface area contributed by atoms with Crippen LogP contribution in [0.15, 0.2) is 0 Å². The topological polar surface area (TPSA) is 678 Å². The van der Waals surface area contributed by atoms with Gasteiger partial charge < -0.3 is 190 Å². The lowest BCUT2D eigenvalue weighted by atomic mass is 9.88. The molecule has 0 spiro atoms. The van der Waals surface area contributed by atoms with Crippen molar-refractivity contribution in [2.24, 2.45) is 0 Å². The maximum absolute atomic E-state index is 12.9. The Morgan fingerprint density at radius 2 is 0.802 bits per heavy atom. The molecule has 7 aliphatic rings. The molecule has 7 heterocycles. The molecule has 43 nitrogen and oxygen atoms in total. The van der Waals surface area contributed by atoms with E-state index in [2.05, 4.69) is 21.3 Å². The molecular weight excluding hydrogens is 1320 g/mol. The first-order valence-corrected chi connectivity index (χ1v) is 30.2. The van der Waals surface area contributed by atoms with E-state index in [0.29, 0.717) is 0 Å². The number of carbonyl (C=O) groups excluding carboxylic acids is 4. The van der Waals surface area contributed by atoms with Crippen LogP contribution in [0, 0.1) is 0 Å². The molecule has 25 N–H and O–H groups in total. The molecule has 554 valence electrons. The molecule has 0 aliphatic carbocycles. The summed E-state index contributed by atoms with van der Waals surface area (Å²) in [5.74, 6) is -8.40. The summed E-state index contributed by atoms with van der Waals surface area (Å²) in [5, 5.41) is 239. The normalized spacial score (nSPS) is 46.0. The van der Waals surface area contributed by atoms with Crippen LogP contribution in [-0.2, 0) is 85.6 Å². The highest BCUT2D eigenvalue weighted by molar-refractivity contribution is 5.77. The van der Waals surface area contributed by atoms with Gasteiger partial charge in [0.1, 0.15) is 165 Å². The molecule has 7 fully saturated rings. The van der Waals surface area contributed by atoms with E-state index in [-0.39, 0.29) is 0 Å². The second-order valence-corrected chi connectivity index (χ2v) is 24.0. The van der Waals surface area contributed by atoms with E-state index < -0.39 is 303 Å². The summed E-state index contributed by atoms with van der Waals surface area (Å²) >= 11 is 0. The summed E-state index contributed by atoms with van der Waals surface area (Å²) in [6.07, 6.45) is -64.7. The van der Waals surface area contributed by atoms with Gasteiger partial charge in [0, 0.05) is 34.1 Å².